The van der Waals surface area contributed by atoms with Crippen molar-refractivity contribution in [2.24, 2.45) is 0 Å². The summed E-state index contributed by atoms with van der Waals surface area (Å²) in [6, 6.07) is 13.0. The summed E-state index contributed by atoms with van der Waals surface area (Å²) in [5, 5.41) is 2.69. The van der Waals surface area contributed by atoms with Gasteiger partial charge in [-0.2, -0.15) is 0 Å². The van der Waals surface area contributed by atoms with Gasteiger partial charge < -0.3 is 10.1 Å². The second-order valence-electron chi connectivity index (χ2n) is 5.80. The van der Waals surface area contributed by atoms with Gasteiger partial charge in [0.2, 0.25) is 5.91 Å². The second-order valence-corrected chi connectivity index (χ2v) is 6.71. The van der Waals surface area contributed by atoms with Crippen LogP contribution in [0.2, 0.25) is 0 Å². The third-order valence-electron chi connectivity index (χ3n) is 4.06. The molecule has 7 heteroatoms. The van der Waals surface area contributed by atoms with Crippen LogP contribution in [-0.4, -0.2) is 41.8 Å². The van der Waals surface area contributed by atoms with Crippen LogP contribution in [0.25, 0.3) is 0 Å². The van der Waals surface area contributed by atoms with Gasteiger partial charge in [-0.25, -0.2) is 0 Å². The molecule has 1 aliphatic rings. The maximum Gasteiger partial charge on any atom is 0.262 e. The molecule has 26 heavy (non-hydrogen) atoms. The summed E-state index contributed by atoms with van der Waals surface area (Å²) in [7, 11) is 0. The first-order valence-electron chi connectivity index (χ1n) is 8.12. The Morgan fingerprint density at radius 2 is 1.77 bits per heavy atom. The van der Waals surface area contributed by atoms with Crippen molar-refractivity contribution in [2.45, 2.75) is 13.0 Å². The Kier molecular flexibility index (Phi) is 5.37. The van der Waals surface area contributed by atoms with E-state index in [0.717, 1.165) is 9.37 Å². The van der Waals surface area contributed by atoms with Crippen molar-refractivity contribution in [3.63, 3.8) is 0 Å². The lowest BCUT2D eigenvalue weighted by molar-refractivity contribution is -0.124. The van der Waals surface area contributed by atoms with Gasteiger partial charge >= 0.3 is 0 Å². The number of halogens is 1. The fourth-order valence-corrected chi connectivity index (χ4v) is 3.10. The van der Waals surface area contributed by atoms with Crippen LogP contribution in [0.1, 0.15) is 27.6 Å². The Balaban J connectivity index is 1.54. The van der Waals surface area contributed by atoms with Crippen LogP contribution in [0, 0.1) is 0 Å². The highest BCUT2D eigenvalue weighted by molar-refractivity contribution is 9.10. The first-order valence-corrected chi connectivity index (χ1v) is 8.91. The zero-order valence-electron chi connectivity index (χ0n) is 14.1. The highest BCUT2D eigenvalue weighted by atomic mass is 79.9. The summed E-state index contributed by atoms with van der Waals surface area (Å²) >= 11 is 3.36. The summed E-state index contributed by atoms with van der Waals surface area (Å²) < 4.78 is 6.44. The van der Waals surface area contributed by atoms with Gasteiger partial charge in [0.05, 0.1) is 17.7 Å². The van der Waals surface area contributed by atoms with E-state index >= 15 is 0 Å². The number of hydrogen-bond acceptors (Lipinski definition) is 4. The van der Waals surface area contributed by atoms with Crippen LogP contribution in [0.4, 0.5) is 0 Å². The smallest absolute Gasteiger partial charge is 0.262 e. The van der Waals surface area contributed by atoms with Crippen molar-refractivity contribution in [1.29, 1.82) is 0 Å². The molecule has 0 saturated carbocycles. The molecule has 0 unspecified atom stereocenters. The van der Waals surface area contributed by atoms with Crippen LogP contribution >= 0.6 is 15.9 Å². The number of hydrogen-bond donors (Lipinski definition) is 1. The molecule has 1 atom stereocenters. The lowest BCUT2D eigenvalue weighted by atomic mass is 10.1. The average Bonchev–Trinajstić information content (AvgIpc) is 2.89. The first kappa shape index (κ1) is 18.1. The molecule has 2 aromatic carbocycles. The van der Waals surface area contributed by atoms with E-state index in [2.05, 4.69) is 21.2 Å². The van der Waals surface area contributed by atoms with Crippen molar-refractivity contribution < 1.29 is 19.1 Å². The molecule has 0 radical (unpaired) electrons. The van der Waals surface area contributed by atoms with Gasteiger partial charge in [-0.1, -0.05) is 34.1 Å². The molecule has 1 heterocycles. The molecule has 134 valence electrons. The number of benzene rings is 2. The van der Waals surface area contributed by atoms with E-state index in [1.54, 1.807) is 24.3 Å². The largest absolute Gasteiger partial charge is 0.492 e. The Bertz CT molecular complexity index is 833. The molecular formula is C19H17BrN2O4. The van der Waals surface area contributed by atoms with Gasteiger partial charge in [0.1, 0.15) is 18.4 Å². The Hall–Kier alpha value is -2.67. The van der Waals surface area contributed by atoms with Crippen LogP contribution in [-0.2, 0) is 4.79 Å². The summed E-state index contributed by atoms with van der Waals surface area (Å²) in [6.45, 7) is 2.07. The summed E-state index contributed by atoms with van der Waals surface area (Å²) in [4.78, 5) is 38.1. The van der Waals surface area contributed by atoms with Gasteiger partial charge in [-0.3, -0.25) is 19.3 Å². The quantitative estimate of drug-likeness (QED) is 0.579. The molecule has 6 nitrogen and oxygen atoms in total. The number of carbonyl (C=O) groups is 3. The van der Waals surface area contributed by atoms with E-state index in [-0.39, 0.29) is 13.2 Å². The van der Waals surface area contributed by atoms with Crippen LogP contribution in [0.15, 0.2) is 53.0 Å². The number of nitrogens with one attached hydrogen (secondary N) is 1. The maximum atomic E-state index is 12.4. The van der Waals surface area contributed by atoms with Crippen molar-refractivity contribution in [1.82, 2.24) is 10.2 Å². The molecular weight excluding hydrogens is 400 g/mol. The van der Waals surface area contributed by atoms with E-state index in [9.17, 15) is 14.4 Å². The average molecular weight is 417 g/mol. The van der Waals surface area contributed by atoms with Crippen molar-refractivity contribution in [2.75, 3.05) is 13.2 Å². The van der Waals surface area contributed by atoms with Gasteiger partial charge in [-0.05, 0) is 37.3 Å². The zero-order valence-corrected chi connectivity index (χ0v) is 15.7. The highest BCUT2D eigenvalue weighted by Gasteiger charge is 2.40. The van der Waals surface area contributed by atoms with Crippen molar-refractivity contribution in [3.8, 4) is 5.75 Å². The number of fused-ring (bicyclic) bond motifs is 1. The van der Waals surface area contributed by atoms with Crippen LogP contribution in [0.5, 0.6) is 5.75 Å². The lowest BCUT2D eigenvalue weighted by Gasteiger charge is -2.21. The van der Waals surface area contributed by atoms with Crippen molar-refractivity contribution in [3.05, 3.63) is 64.1 Å². The Morgan fingerprint density at radius 3 is 2.38 bits per heavy atom. The molecule has 3 rings (SSSR count). The zero-order chi connectivity index (χ0) is 18.7. The molecule has 0 bridgehead atoms. The topological polar surface area (TPSA) is 75.7 Å². The molecule has 0 fully saturated rings. The molecule has 2 aromatic rings. The Labute approximate surface area is 159 Å². The number of carbonyl (C=O) groups excluding carboxylic acids is 3. The Morgan fingerprint density at radius 1 is 1.12 bits per heavy atom. The van der Waals surface area contributed by atoms with Crippen LogP contribution in [0.3, 0.4) is 0 Å². The molecule has 0 aromatic heterocycles. The monoisotopic (exact) mass is 416 g/mol. The number of amides is 3. The van der Waals surface area contributed by atoms with Gasteiger partial charge in [0.25, 0.3) is 11.8 Å². The van der Waals surface area contributed by atoms with Gasteiger partial charge in [0.15, 0.2) is 0 Å². The van der Waals surface area contributed by atoms with Gasteiger partial charge in [0, 0.05) is 4.47 Å². The van der Waals surface area contributed by atoms with E-state index in [4.69, 9.17) is 4.74 Å². The first-order chi connectivity index (χ1) is 12.5. The van der Waals surface area contributed by atoms with Crippen molar-refractivity contribution >= 4 is 33.7 Å². The SMILES string of the molecule is C[C@H](C(=O)NCCOc1cccc(Br)c1)N1C(=O)c2ccccc2C1=O. The highest BCUT2D eigenvalue weighted by Crippen LogP contribution is 2.24. The molecule has 1 aliphatic heterocycles. The van der Waals surface area contributed by atoms with E-state index in [0.29, 0.717) is 16.9 Å². The minimum absolute atomic E-state index is 0.263. The minimum Gasteiger partial charge on any atom is -0.492 e. The van der Waals surface area contributed by atoms with Gasteiger partial charge in [-0.15, -0.1) is 0 Å². The number of nitrogens with zero attached hydrogens (tertiary/aromatic N) is 1. The number of ether oxygens (including phenoxy) is 1. The number of imide groups is 1. The normalized spacial score (nSPS) is 14.2. The lowest BCUT2D eigenvalue weighted by Crippen LogP contribution is -2.48. The van der Waals surface area contributed by atoms with E-state index < -0.39 is 23.8 Å². The molecule has 0 saturated heterocycles. The fraction of sp³-hybridized carbons (Fsp3) is 0.211. The maximum absolute atomic E-state index is 12.4. The third kappa shape index (κ3) is 3.62. The standard InChI is InChI=1S/C19H17BrN2O4/c1-12(22-18(24)15-7-2-3-8-16(15)19(22)25)17(23)21-9-10-26-14-6-4-5-13(20)11-14/h2-8,11-12H,9-10H2,1H3,(H,21,23)/t12-/m1/s1. The predicted molar refractivity (Wildman–Crippen MR) is 99.1 cm³/mol. The fourth-order valence-electron chi connectivity index (χ4n) is 2.72. The second kappa shape index (κ2) is 7.70. The summed E-state index contributed by atoms with van der Waals surface area (Å²) in [5.41, 5.74) is 0.658. The van der Waals surface area contributed by atoms with Crippen LogP contribution < -0.4 is 10.1 Å². The molecule has 0 aliphatic carbocycles. The molecule has 3 amide bonds. The summed E-state index contributed by atoms with van der Waals surface area (Å²) in [5.74, 6) is -0.614. The number of rotatable bonds is 6. The van der Waals surface area contributed by atoms with E-state index in [1.807, 2.05) is 24.3 Å². The molecule has 0 spiro atoms. The van der Waals surface area contributed by atoms with E-state index in [1.165, 1.54) is 6.92 Å². The minimum atomic E-state index is -0.895. The predicted octanol–water partition coefficient (Wildman–Crippen LogP) is 2.63. The third-order valence-corrected chi connectivity index (χ3v) is 4.55. The molecule has 1 N–H and O–H groups in total. The summed E-state index contributed by atoms with van der Waals surface area (Å²) in [6.07, 6.45) is 0.